The maximum Gasteiger partial charge on any atom is 0.322 e. The van der Waals surface area contributed by atoms with Gasteiger partial charge in [-0.1, -0.05) is 56.9 Å². The zero-order chi connectivity index (χ0) is 27.1. The lowest BCUT2D eigenvalue weighted by Crippen LogP contribution is -2.44. The molecule has 2 atom stereocenters. The van der Waals surface area contributed by atoms with Crippen LogP contribution in [0.2, 0.25) is 0 Å². The van der Waals surface area contributed by atoms with E-state index >= 15 is 0 Å². The summed E-state index contributed by atoms with van der Waals surface area (Å²) in [5.41, 5.74) is 2.57. The van der Waals surface area contributed by atoms with Crippen molar-refractivity contribution < 1.29 is 22.7 Å². The van der Waals surface area contributed by atoms with E-state index in [-0.39, 0.29) is 23.6 Å². The fourth-order valence-corrected chi connectivity index (χ4v) is 5.08. The summed E-state index contributed by atoms with van der Waals surface area (Å²) in [4.78, 5) is 15.5. The molecule has 0 fully saturated rings. The molecule has 0 bridgehead atoms. The number of ether oxygens (including phenoxy) is 1. The van der Waals surface area contributed by atoms with Gasteiger partial charge in [-0.25, -0.2) is 18.0 Å². The highest BCUT2D eigenvalue weighted by atomic mass is 19.1. The van der Waals surface area contributed by atoms with E-state index in [4.69, 9.17) is 4.74 Å². The van der Waals surface area contributed by atoms with E-state index in [1.807, 2.05) is 25.1 Å². The molecule has 0 saturated carbocycles. The first kappa shape index (κ1) is 27.6. The summed E-state index contributed by atoms with van der Waals surface area (Å²) in [6.07, 6.45) is 6.53. The van der Waals surface area contributed by atoms with E-state index in [0.717, 1.165) is 67.3 Å². The number of hydrogen-bond acceptors (Lipinski definition) is 2. The summed E-state index contributed by atoms with van der Waals surface area (Å²) in [6.45, 7) is 4.68. The van der Waals surface area contributed by atoms with Crippen molar-refractivity contribution in [2.45, 2.75) is 70.9 Å². The van der Waals surface area contributed by atoms with Gasteiger partial charge < -0.3 is 15.0 Å². The average Bonchev–Trinajstić information content (AvgIpc) is 3.11. The van der Waals surface area contributed by atoms with Crippen molar-refractivity contribution in [1.82, 2.24) is 4.90 Å². The van der Waals surface area contributed by atoms with Gasteiger partial charge in [0.2, 0.25) is 0 Å². The number of rotatable bonds is 9. The molecule has 4 nitrogen and oxygen atoms in total. The molecular weight excluding hydrogens is 489 g/mol. The molecule has 0 spiro atoms. The van der Waals surface area contributed by atoms with E-state index in [2.05, 4.69) is 12.2 Å². The number of benzene rings is 3. The standard InChI is InChI=1S/C31H35F3N2O2/c1-3-4-5-6-8-21(2)36(31(37)35-28-17-15-25(33)20-27(28)34)29-9-7-18-38-30-19-23(12-16-26(29)30)22-10-13-24(32)14-11-22/h10-17,19-21,29H,3-9,18H2,1-2H3,(H,35,37). The summed E-state index contributed by atoms with van der Waals surface area (Å²) in [5.74, 6) is -1.14. The molecule has 2 amide bonds. The van der Waals surface area contributed by atoms with Crippen molar-refractivity contribution in [2.24, 2.45) is 0 Å². The number of carbonyl (C=O) groups is 1. The fraction of sp³-hybridized carbons (Fsp3) is 0.387. The van der Waals surface area contributed by atoms with Crippen LogP contribution in [-0.4, -0.2) is 23.6 Å². The van der Waals surface area contributed by atoms with E-state index in [0.29, 0.717) is 18.8 Å². The number of carbonyl (C=O) groups excluding carboxylic acids is 1. The molecule has 7 heteroatoms. The number of nitrogens with zero attached hydrogens (tertiary/aromatic N) is 1. The Balaban J connectivity index is 1.66. The van der Waals surface area contributed by atoms with Gasteiger partial charge in [0.05, 0.1) is 18.3 Å². The molecular formula is C31H35F3N2O2. The predicted octanol–water partition coefficient (Wildman–Crippen LogP) is 8.88. The van der Waals surface area contributed by atoms with Crippen LogP contribution in [0.4, 0.5) is 23.7 Å². The maximum absolute atomic E-state index is 14.4. The molecule has 38 heavy (non-hydrogen) atoms. The highest BCUT2D eigenvalue weighted by molar-refractivity contribution is 5.90. The van der Waals surface area contributed by atoms with Crippen LogP contribution in [0.5, 0.6) is 5.75 Å². The number of fused-ring (bicyclic) bond motifs is 1. The van der Waals surface area contributed by atoms with Crippen LogP contribution in [0.25, 0.3) is 11.1 Å². The quantitative estimate of drug-likeness (QED) is 0.284. The van der Waals surface area contributed by atoms with Crippen molar-refractivity contribution >= 4 is 11.7 Å². The Hall–Kier alpha value is -3.48. The molecule has 0 saturated heterocycles. The Bertz CT molecular complexity index is 1230. The molecule has 1 aliphatic heterocycles. The van der Waals surface area contributed by atoms with Crippen LogP contribution >= 0.6 is 0 Å². The fourth-order valence-electron chi connectivity index (χ4n) is 5.08. The van der Waals surface area contributed by atoms with Crippen LogP contribution < -0.4 is 10.1 Å². The molecule has 3 aromatic carbocycles. The molecule has 0 aromatic heterocycles. The lowest BCUT2D eigenvalue weighted by atomic mass is 9.95. The Morgan fingerprint density at radius 3 is 2.45 bits per heavy atom. The normalized spacial score (nSPS) is 15.7. The number of unbranched alkanes of at least 4 members (excludes halogenated alkanes) is 3. The molecule has 3 aromatic rings. The van der Waals surface area contributed by atoms with Gasteiger partial charge in [-0.3, -0.25) is 0 Å². The Morgan fingerprint density at radius 1 is 0.974 bits per heavy atom. The van der Waals surface area contributed by atoms with Gasteiger partial charge in [0.25, 0.3) is 0 Å². The minimum Gasteiger partial charge on any atom is -0.493 e. The zero-order valence-electron chi connectivity index (χ0n) is 22.0. The van der Waals surface area contributed by atoms with E-state index in [1.54, 1.807) is 17.0 Å². The molecule has 1 N–H and O–H groups in total. The first-order chi connectivity index (χ1) is 18.4. The third kappa shape index (κ3) is 6.69. The lowest BCUT2D eigenvalue weighted by molar-refractivity contribution is 0.150. The first-order valence-electron chi connectivity index (χ1n) is 13.4. The van der Waals surface area contributed by atoms with Crippen LogP contribution in [0.15, 0.2) is 60.7 Å². The first-order valence-corrected chi connectivity index (χ1v) is 13.4. The Labute approximate surface area is 222 Å². The molecule has 202 valence electrons. The number of hydrogen-bond donors (Lipinski definition) is 1. The molecule has 1 heterocycles. The van der Waals surface area contributed by atoms with Crippen LogP contribution in [0.1, 0.15) is 70.4 Å². The lowest BCUT2D eigenvalue weighted by Gasteiger charge is -2.37. The van der Waals surface area contributed by atoms with Crippen molar-refractivity contribution in [2.75, 3.05) is 11.9 Å². The van der Waals surface area contributed by atoms with E-state index in [1.165, 1.54) is 18.2 Å². The van der Waals surface area contributed by atoms with Gasteiger partial charge in [0, 0.05) is 17.7 Å². The SMILES string of the molecule is CCCCCCC(C)N(C(=O)Nc1ccc(F)cc1F)C1CCCOc2cc(-c3ccc(F)cc3)ccc21. The smallest absolute Gasteiger partial charge is 0.322 e. The third-order valence-corrected chi connectivity index (χ3v) is 7.12. The number of halogens is 3. The monoisotopic (exact) mass is 524 g/mol. The average molecular weight is 525 g/mol. The van der Waals surface area contributed by atoms with Crippen molar-refractivity contribution in [3.05, 3.63) is 83.7 Å². The van der Waals surface area contributed by atoms with Gasteiger partial charge in [-0.15, -0.1) is 0 Å². The van der Waals surface area contributed by atoms with Crippen LogP contribution in [0.3, 0.4) is 0 Å². The molecule has 2 unspecified atom stereocenters. The summed E-state index contributed by atoms with van der Waals surface area (Å²) >= 11 is 0. The second kappa shape index (κ2) is 12.9. The van der Waals surface area contributed by atoms with Gasteiger partial charge >= 0.3 is 6.03 Å². The summed E-state index contributed by atoms with van der Waals surface area (Å²) in [7, 11) is 0. The largest absolute Gasteiger partial charge is 0.493 e. The van der Waals surface area contributed by atoms with Gasteiger partial charge in [0.15, 0.2) is 0 Å². The van der Waals surface area contributed by atoms with Gasteiger partial charge in [-0.05, 0) is 67.6 Å². The van der Waals surface area contributed by atoms with Crippen LogP contribution in [-0.2, 0) is 0 Å². The predicted molar refractivity (Wildman–Crippen MR) is 145 cm³/mol. The zero-order valence-corrected chi connectivity index (χ0v) is 22.0. The topological polar surface area (TPSA) is 41.6 Å². The number of anilines is 1. The second-order valence-corrected chi connectivity index (χ2v) is 9.93. The maximum atomic E-state index is 14.4. The van der Waals surface area contributed by atoms with Crippen molar-refractivity contribution in [3.8, 4) is 16.9 Å². The minimum absolute atomic E-state index is 0.0589. The van der Waals surface area contributed by atoms with Crippen molar-refractivity contribution in [3.63, 3.8) is 0 Å². The second-order valence-electron chi connectivity index (χ2n) is 9.93. The summed E-state index contributed by atoms with van der Waals surface area (Å²) in [6, 6.07) is 14.4. The molecule has 4 rings (SSSR count). The third-order valence-electron chi connectivity index (χ3n) is 7.12. The Morgan fingerprint density at radius 2 is 1.71 bits per heavy atom. The van der Waals surface area contributed by atoms with Gasteiger partial charge in [-0.2, -0.15) is 0 Å². The number of urea groups is 1. The van der Waals surface area contributed by atoms with E-state index < -0.39 is 17.7 Å². The summed E-state index contributed by atoms with van der Waals surface area (Å²) < 4.78 is 47.4. The van der Waals surface area contributed by atoms with Crippen LogP contribution in [0, 0.1) is 17.5 Å². The minimum atomic E-state index is -0.817. The number of nitrogens with one attached hydrogen (secondary N) is 1. The Kier molecular flexibility index (Phi) is 9.32. The van der Waals surface area contributed by atoms with Gasteiger partial charge in [0.1, 0.15) is 23.2 Å². The highest BCUT2D eigenvalue weighted by Gasteiger charge is 2.33. The highest BCUT2D eigenvalue weighted by Crippen LogP contribution is 2.40. The summed E-state index contributed by atoms with van der Waals surface area (Å²) in [5, 5.41) is 2.68. The van der Waals surface area contributed by atoms with E-state index in [9.17, 15) is 18.0 Å². The van der Waals surface area contributed by atoms with Crippen molar-refractivity contribution in [1.29, 1.82) is 0 Å². The molecule has 0 radical (unpaired) electrons. The number of amides is 2. The molecule has 1 aliphatic rings. The molecule has 0 aliphatic carbocycles.